The molecule has 22 heavy (non-hydrogen) atoms. The first kappa shape index (κ1) is 15.7. The van der Waals surface area contributed by atoms with Crippen molar-refractivity contribution in [1.82, 2.24) is 5.32 Å². The third-order valence-corrected chi connectivity index (χ3v) is 4.79. The van der Waals surface area contributed by atoms with E-state index in [1.807, 2.05) is 18.2 Å². The van der Waals surface area contributed by atoms with E-state index in [4.69, 9.17) is 14.2 Å². The molecule has 1 aromatic carbocycles. The lowest BCUT2D eigenvalue weighted by molar-refractivity contribution is -0.0233. The lowest BCUT2D eigenvalue weighted by Gasteiger charge is -2.35. The molecule has 1 aromatic rings. The quantitative estimate of drug-likeness (QED) is 0.864. The van der Waals surface area contributed by atoms with Crippen molar-refractivity contribution in [3.63, 3.8) is 0 Å². The second-order valence-electron chi connectivity index (χ2n) is 6.18. The molecule has 1 aliphatic carbocycles. The van der Waals surface area contributed by atoms with Crippen LogP contribution in [0, 0.1) is 11.8 Å². The predicted molar refractivity (Wildman–Crippen MR) is 84.2 cm³/mol. The Morgan fingerprint density at radius 3 is 2.59 bits per heavy atom. The zero-order chi connectivity index (χ0) is 14.2. The van der Waals surface area contributed by atoms with E-state index in [1.54, 1.807) is 0 Å². The van der Waals surface area contributed by atoms with Gasteiger partial charge in [-0.05, 0) is 49.9 Å². The Balaban J connectivity index is 0.00000144. The minimum atomic E-state index is -0.389. The Morgan fingerprint density at radius 1 is 1.05 bits per heavy atom. The molecule has 4 atom stereocenters. The van der Waals surface area contributed by atoms with Crippen molar-refractivity contribution in [2.75, 3.05) is 26.3 Å². The van der Waals surface area contributed by atoms with Crippen LogP contribution in [-0.4, -0.2) is 43.6 Å². The van der Waals surface area contributed by atoms with Gasteiger partial charge in [0.05, 0.1) is 6.10 Å². The zero-order valence-corrected chi connectivity index (χ0v) is 13.2. The van der Waals surface area contributed by atoms with E-state index < -0.39 is 0 Å². The number of rotatable bonds is 2. The van der Waals surface area contributed by atoms with Gasteiger partial charge in [0.1, 0.15) is 25.1 Å². The first-order valence-corrected chi connectivity index (χ1v) is 7.74. The zero-order valence-electron chi connectivity index (χ0n) is 12.4. The summed E-state index contributed by atoms with van der Waals surface area (Å²) in [6.07, 6.45) is 1.22. The fourth-order valence-electron chi connectivity index (χ4n) is 3.65. The number of halogens is 1. The average Bonchev–Trinajstić information content (AvgIpc) is 2.94. The van der Waals surface area contributed by atoms with Crippen molar-refractivity contribution in [3.05, 3.63) is 18.2 Å². The molecule has 0 spiro atoms. The molecule has 0 bridgehead atoms. The number of benzene rings is 1. The highest BCUT2D eigenvalue weighted by Crippen LogP contribution is 2.37. The maximum atomic E-state index is 10.3. The molecule has 5 nitrogen and oxygen atoms in total. The Morgan fingerprint density at radius 2 is 1.77 bits per heavy atom. The average molecular weight is 328 g/mol. The summed E-state index contributed by atoms with van der Waals surface area (Å²) in [5, 5.41) is 13.7. The highest BCUT2D eigenvalue weighted by atomic mass is 35.5. The van der Waals surface area contributed by atoms with E-state index in [0.717, 1.165) is 43.2 Å². The monoisotopic (exact) mass is 327 g/mol. The number of ether oxygens (including phenoxy) is 3. The molecule has 122 valence electrons. The Hall–Kier alpha value is -1.17. The smallest absolute Gasteiger partial charge is 0.165 e. The van der Waals surface area contributed by atoms with Crippen molar-refractivity contribution in [1.29, 1.82) is 0 Å². The summed E-state index contributed by atoms with van der Waals surface area (Å²) in [6.45, 7) is 3.22. The largest absolute Gasteiger partial charge is 0.488 e. The normalized spacial score (nSPS) is 32.8. The number of hydrogen-bond acceptors (Lipinski definition) is 5. The van der Waals surface area contributed by atoms with Crippen LogP contribution < -0.4 is 19.5 Å². The van der Waals surface area contributed by atoms with Crippen LogP contribution in [0.25, 0.3) is 0 Å². The van der Waals surface area contributed by atoms with Gasteiger partial charge in [0.25, 0.3) is 0 Å². The van der Waals surface area contributed by atoms with Crippen LogP contribution in [0.5, 0.6) is 17.2 Å². The van der Waals surface area contributed by atoms with E-state index in [1.165, 1.54) is 0 Å². The van der Waals surface area contributed by atoms with Gasteiger partial charge in [0, 0.05) is 6.07 Å². The molecule has 0 amide bonds. The molecule has 1 saturated carbocycles. The number of aliphatic hydroxyl groups excluding tert-OH is 1. The van der Waals surface area contributed by atoms with Crippen LogP contribution in [0.4, 0.5) is 0 Å². The molecule has 2 heterocycles. The molecule has 6 heteroatoms. The van der Waals surface area contributed by atoms with Crippen LogP contribution in [0.2, 0.25) is 0 Å². The molecular weight excluding hydrogens is 306 g/mol. The van der Waals surface area contributed by atoms with Gasteiger partial charge in [-0.25, -0.2) is 0 Å². The van der Waals surface area contributed by atoms with Crippen LogP contribution in [-0.2, 0) is 0 Å². The number of hydrogen-bond donors (Lipinski definition) is 2. The summed E-state index contributed by atoms with van der Waals surface area (Å²) in [5.74, 6) is 3.45. The molecule has 0 unspecified atom stereocenters. The second kappa shape index (κ2) is 6.52. The van der Waals surface area contributed by atoms with Crippen molar-refractivity contribution in [2.45, 2.75) is 25.0 Å². The molecule has 2 fully saturated rings. The number of fused-ring (bicyclic) bond motifs is 2. The summed E-state index contributed by atoms with van der Waals surface area (Å²) in [5.41, 5.74) is 0. The van der Waals surface area contributed by atoms with Crippen LogP contribution in [0.15, 0.2) is 18.2 Å². The first-order chi connectivity index (χ1) is 10.3. The fraction of sp³-hybridized carbons (Fsp3) is 0.625. The molecule has 0 aromatic heterocycles. The van der Waals surface area contributed by atoms with Crippen molar-refractivity contribution >= 4 is 12.4 Å². The van der Waals surface area contributed by atoms with Gasteiger partial charge in [0.2, 0.25) is 0 Å². The van der Waals surface area contributed by atoms with Gasteiger partial charge in [-0.1, -0.05) is 0 Å². The molecule has 2 N–H and O–H groups in total. The van der Waals surface area contributed by atoms with Crippen LogP contribution in [0.1, 0.15) is 12.8 Å². The van der Waals surface area contributed by atoms with E-state index in [-0.39, 0.29) is 24.6 Å². The van der Waals surface area contributed by atoms with Crippen LogP contribution >= 0.6 is 12.4 Å². The molecule has 0 radical (unpaired) electrons. The lowest BCUT2D eigenvalue weighted by Crippen LogP contribution is -2.42. The fourth-order valence-corrected chi connectivity index (χ4v) is 3.65. The van der Waals surface area contributed by atoms with Crippen molar-refractivity contribution < 1.29 is 19.3 Å². The first-order valence-electron chi connectivity index (χ1n) is 7.74. The molecule has 1 saturated heterocycles. The van der Waals surface area contributed by atoms with Gasteiger partial charge < -0.3 is 24.6 Å². The van der Waals surface area contributed by atoms with Crippen molar-refractivity contribution in [2.24, 2.45) is 11.8 Å². The summed E-state index contributed by atoms with van der Waals surface area (Å²) in [4.78, 5) is 0. The molecule has 3 aliphatic rings. The molecule has 4 rings (SSSR count). The lowest BCUT2D eigenvalue weighted by atomic mass is 9.78. The summed E-state index contributed by atoms with van der Waals surface area (Å²) in [6, 6.07) is 5.62. The van der Waals surface area contributed by atoms with Gasteiger partial charge in [-0.3, -0.25) is 0 Å². The number of nitrogens with one attached hydrogen (secondary N) is 1. The maximum Gasteiger partial charge on any atom is 0.165 e. The van der Waals surface area contributed by atoms with E-state index in [0.29, 0.717) is 25.0 Å². The van der Waals surface area contributed by atoms with Gasteiger partial charge in [-0.2, -0.15) is 0 Å². The van der Waals surface area contributed by atoms with E-state index >= 15 is 0 Å². The minimum Gasteiger partial charge on any atom is -0.488 e. The Bertz CT molecular complexity index is 527. The van der Waals surface area contributed by atoms with Gasteiger partial charge in [0.15, 0.2) is 11.5 Å². The van der Waals surface area contributed by atoms with Gasteiger partial charge in [-0.15, -0.1) is 12.4 Å². The Kier molecular flexibility index (Phi) is 4.66. The summed E-state index contributed by atoms with van der Waals surface area (Å²) in [7, 11) is 0. The molecular formula is C16H22ClNO4. The van der Waals surface area contributed by atoms with Crippen LogP contribution in [0.3, 0.4) is 0 Å². The van der Waals surface area contributed by atoms with Gasteiger partial charge >= 0.3 is 0 Å². The van der Waals surface area contributed by atoms with E-state index in [2.05, 4.69) is 5.32 Å². The van der Waals surface area contributed by atoms with E-state index in [9.17, 15) is 5.11 Å². The Labute approximate surface area is 136 Å². The molecule has 2 aliphatic heterocycles. The SMILES string of the molecule is Cl.O[C@@H]1C[C@H]2CNC[C@H]2C[C@H]1Oc1ccc2c(c1)OCCO2. The predicted octanol–water partition coefficient (Wildman–Crippen LogP) is 1.62. The van der Waals surface area contributed by atoms with Crippen molar-refractivity contribution in [3.8, 4) is 17.2 Å². The minimum absolute atomic E-state index is 0. The third-order valence-electron chi connectivity index (χ3n) is 4.79. The standard InChI is InChI=1S/C16H21NO4.ClH/c18-13-5-10-8-17-9-11(10)6-15(13)21-12-1-2-14-16(7-12)20-4-3-19-14;/h1-2,7,10-11,13,15,17-18H,3-6,8-9H2;1H/t10-,11+,13+,15+;/m0./s1. The third kappa shape index (κ3) is 2.98. The second-order valence-corrected chi connectivity index (χ2v) is 6.18. The summed E-state index contributed by atoms with van der Waals surface area (Å²) < 4.78 is 17.1. The number of aliphatic hydroxyl groups is 1. The highest BCUT2D eigenvalue weighted by molar-refractivity contribution is 5.85. The summed E-state index contributed by atoms with van der Waals surface area (Å²) >= 11 is 0. The maximum absolute atomic E-state index is 10.3. The highest BCUT2D eigenvalue weighted by Gasteiger charge is 2.39. The topological polar surface area (TPSA) is 60.0 Å².